The molecule has 0 saturated carbocycles. The van der Waals surface area contributed by atoms with E-state index in [1.807, 2.05) is 0 Å². The zero-order chi connectivity index (χ0) is 32.6. The second kappa shape index (κ2) is 31.7. The van der Waals surface area contributed by atoms with Gasteiger partial charge in [0.25, 0.3) is 0 Å². The molecule has 0 aromatic carbocycles. The van der Waals surface area contributed by atoms with Crippen LogP contribution in [0.5, 0.6) is 0 Å². The molecule has 0 aliphatic heterocycles. The summed E-state index contributed by atoms with van der Waals surface area (Å²) in [4.78, 5) is 37.8. The van der Waals surface area contributed by atoms with E-state index in [-0.39, 0.29) is 48.8 Å². The molecule has 0 aromatic heterocycles. The van der Waals surface area contributed by atoms with E-state index in [1.54, 1.807) is 0 Å². The smallest absolute Gasteiger partial charge is 0.314 e. The number of hydrogen-bond donors (Lipinski definition) is 2. The van der Waals surface area contributed by atoms with Crippen molar-refractivity contribution in [2.24, 2.45) is 0 Å². The molecule has 0 heterocycles. The molecule has 0 aromatic rings. The van der Waals surface area contributed by atoms with Crippen molar-refractivity contribution in [3.05, 3.63) is 0 Å². The Balaban J connectivity index is 4.31. The van der Waals surface area contributed by atoms with Crippen LogP contribution in [0.1, 0.15) is 200 Å². The predicted octanol–water partition coefficient (Wildman–Crippen LogP) is 10.3. The number of aliphatic hydroxyl groups is 1. The summed E-state index contributed by atoms with van der Waals surface area (Å²) in [6.45, 7) is 4.50. The molecule has 0 aliphatic rings. The molecule has 0 rings (SSSR count). The van der Waals surface area contributed by atoms with Gasteiger partial charge in [-0.1, -0.05) is 168 Å². The van der Waals surface area contributed by atoms with Crippen LogP contribution in [-0.2, 0) is 14.4 Å². The molecule has 0 radical (unpaired) electrons. The summed E-state index contributed by atoms with van der Waals surface area (Å²) in [6.07, 6.45) is 32.9. The highest BCUT2D eigenvalue weighted by Gasteiger charge is 2.37. The molecule has 260 valence electrons. The van der Waals surface area contributed by atoms with Gasteiger partial charge in [0.2, 0.25) is 0 Å². The molecule has 0 aliphatic carbocycles. The second-order valence-electron chi connectivity index (χ2n) is 13.5. The number of carbonyl (C=O) groups excluding carboxylic acids is 2. The van der Waals surface area contributed by atoms with E-state index in [0.29, 0.717) is 12.8 Å². The van der Waals surface area contributed by atoms with Crippen molar-refractivity contribution in [3.63, 3.8) is 0 Å². The summed E-state index contributed by atoms with van der Waals surface area (Å²) < 4.78 is -0.210. The third kappa shape index (κ3) is 26.0. The van der Waals surface area contributed by atoms with Gasteiger partial charge in [0.1, 0.15) is 13.1 Å². The van der Waals surface area contributed by atoms with Crippen molar-refractivity contribution < 1.29 is 29.1 Å². The van der Waals surface area contributed by atoms with Crippen molar-refractivity contribution in [1.29, 1.82) is 0 Å². The first-order valence-corrected chi connectivity index (χ1v) is 19.2. The lowest BCUT2D eigenvalue weighted by molar-refractivity contribution is -0.847. The largest absolute Gasteiger partial charge is 0.481 e. The molecule has 6 heteroatoms. The number of quaternary nitrogens is 1. The Bertz CT molecular complexity index is 682. The van der Waals surface area contributed by atoms with E-state index in [9.17, 15) is 24.6 Å². The van der Waals surface area contributed by atoms with Gasteiger partial charge in [-0.25, -0.2) is 4.79 Å². The van der Waals surface area contributed by atoms with Crippen molar-refractivity contribution >= 4 is 17.7 Å². The summed E-state index contributed by atoms with van der Waals surface area (Å²) in [5, 5.41) is 19.1. The lowest BCUT2D eigenvalue weighted by Gasteiger charge is -2.34. The van der Waals surface area contributed by atoms with E-state index < -0.39 is 5.97 Å². The number of nitrogens with zero attached hydrogens (tertiary/aromatic N) is 1. The molecule has 1 amide bonds. The minimum atomic E-state index is -0.969. The van der Waals surface area contributed by atoms with Crippen LogP contribution in [0.2, 0.25) is 0 Å². The van der Waals surface area contributed by atoms with Crippen LogP contribution in [-0.4, -0.2) is 58.6 Å². The van der Waals surface area contributed by atoms with E-state index >= 15 is 0 Å². The average Bonchev–Trinajstić information content (AvgIpc) is 3.00. The quantitative estimate of drug-likeness (QED) is 0.0541. The van der Waals surface area contributed by atoms with E-state index in [0.717, 1.165) is 38.5 Å². The number of aliphatic carboxylic acids is 1. The highest BCUT2D eigenvalue weighted by atomic mass is 16.4. The zero-order valence-corrected chi connectivity index (χ0v) is 29.4. The maximum atomic E-state index is 13.4. The standard InChI is InChI=1S/C38H73NO5/c1-3-5-7-9-11-13-15-17-19-21-23-25-27-29-36(41)35-39(33-34-40,32-31-38(43)44)37(42)30-28-26-24-22-20-18-16-14-12-10-8-6-4-2/h40H,3-35H2,1-2H3/p+1. The third-order valence-electron chi connectivity index (χ3n) is 9.34. The number of aliphatic hydroxyl groups excluding tert-OH is 1. The zero-order valence-electron chi connectivity index (χ0n) is 29.4. The average molecular weight is 625 g/mol. The molecule has 1 atom stereocenters. The Labute approximate surface area is 272 Å². The number of carbonyl (C=O) groups is 3. The van der Waals surface area contributed by atoms with Crippen LogP contribution in [0.4, 0.5) is 0 Å². The van der Waals surface area contributed by atoms with Crippen molar-refractivity contribution in [1.82, 2.24) is 0 Å². The van der Waals surface area contributed by atoms with Gasteiger partial charge in [0, 0.05) is 6.42 Å². The lowest BCUT2D eigenvalue weighted by atomic mass is 10.0. The van der Waals surface area contributed by atoms with E-state index in [2.05, 4.69) is 13.8 Å². The van der Waals surface area contributed by atoms with Gasteiger partial charge >= 0.3 is 11.9 Å². The molecule has 1 unspecified atom stereocenters. The third-order valence-corrected chi connectivity index (χ3v) is 9.34. The first kappa shape index (κ1) is 42.7. The maximum Gasteiger partial charge on any atom is 0.314 e. The number of hydrogen-bond acceptors (Lipinski definition) is 4. The maximum absolute atomic E-state index is 13.4. The molecule has 2 N–H and O–H groups in total. The monoisotopic (exact) mass is 625 g/mol. The molecule has 6 nitrogen and oxygen atoms in total. The van der Waals surface area contributed by atoms with Gasteiger partial charge in [-0.15, -0.1) is 0 Å². The van der Waals surface area contributed by atoms with Crippen LogP contribution in [0, 0.1) is 0 Å². The van der Waals surface area contributed by atoms with Crippen molar-refractivity contribution in [2.75, 3.05) is 26.2 Å². The van der Waals surface area contributed by atoms with Crippen LogP contribution >= 0.6 is 0 Å². The topological polar surface area (TPSA) is 91.7 Å². The van der Waals surface area contributed by atoms with Crippen LogP contribution in [0.25, 0.3) is 0 Å². The lowest BCUT2D eigenvalue weighted by Crippen LogP contribution is -2.57. The molecular weight excluding hydrogens is 550 g/mol. The summed E-state index contributed by atoms with van der Waals surface area (Å²) in [5.74, 6) is -1.03. The fraction of sp³-hybridized carbons (Fsp3) is 0.921. The van der Waals surface area contributed by atoms with Crippen LogP contribution < -0.4 is 0 Å². The molecule has 0 fully saturated rings. The highest BCUT2D eigenvalue weighted by Crippen LogP contribution is 2.19. The second-order valence-corrected chi connectivity index (χ2v) is 13.5. The number of amides is 1. The van der Waals surface area contributed by atoms with Gasteiger partial charge in [-0.3, -0.25) is 14.1 Å². The first-order chi connectivity index (χ1) is 21.4. The number of unbranched alkanes of at least 4 members (excludes halogenated alkanes) is 24. The van der Waals surface area contributed by atoms with E-state index in [4.69, 9.17) is 0 Å². The van der Waals surface area contributed by atoms with Crippen molar-refractivity contribution in [2.45, 2.75) is 200 Å². The SMILES string of the molecule is CCCCCCCCCCCCCCCC(=O)C[N+](CCO)(CCC(=O)O)C(=O)CCCCCCCCCCCCCCC. The van der Waals surface area contributed by atoms with Gasteiger partial charge in [0.05, 0.1) is 26.0 Å². The fourth-order valence-corrected chi connectivity index (χ4v) is 6.40. The molecule has 44 heavy (non-hydrogen) atoms. The fourth-order valence-electron chi connectivity index (χ4n) is 6.40. The number of rotatable bonds is 35. The highest BCUT2D eigenvalue weighted by molar-refractivity contribution is 5.82. The Morgan fingerprint density at radius 1 is 0.455 bits per heavy atom. The Hall–Kier alpha value is -1.27. The van der Waals surface area contributed by atoms with Crippen molar-refractivity contribution in [3.8, 4) is 0 Å². The minimum Gasteiger partial charge on any atom is -0.481 e. The summed E-state index contributed by atoms with van der Waals surface area (Å²) in [6, 6.07) is 0. The predicted molar refractivity (Wildman–Crippen MR) is 185 cm³/mol. The van der Waals surface area contributed by atoms with Gasteiger partial charge in [-0.05, 0) is 12.8 Å². The van der Waals surface area contributed by atoms with Crippen LogP contribution in [0.3, 0.4) is 0 Å². The first-order valence-electron chi connectivity index (χ1n) is 19.2. The molecular formula is C38H74NO5+. The summed E-state index contributed by atoms with van der Waals surface area (Å²) in [5.41, 5.74) is 0. The minimum absolute atomic E-state index is 0.0172. The van der Waals surface area contributed by atoms with Crippen LogP contribution in [0.15, 0.2) is 0 Å². The normalized spacial score (nSPS) is 12.8. The Morgan fingerprint density at radius 3 is 1.14 bits per heavy atom. The van der Waals surface area contributed by atoms with E-state index in [1.165, 1.54) is 128 Å². The van der Waals surface area contributed by atoms with Gasteiger partial charge in [-0.2, -0.15) is 0 Å². The number of Topliss-reactive ketones (excluding diaryl/α,β-unsaturated/α-hetero) is 1. The Morgan fingerprint density at radius 2 is 0.795 bits per heavy atom. The number of carboxylic acid groups (broad SMARTS) is 1. The van der Waals surface area contributed by atoms with Gasteiger partial charge in [0.15, 0.2) is 5.78 Å². The number of ketones is 1. The molecule has 0 saturated heterocycles. The Kier molecular flexibility index (Phi) is 30.8. The molecule has 0 spiro atoms. The summed E-state index contributed by atoms with van der Waals surface area (Å²) >= 11 is 0. The molecule has 0 bridgehead atoms. The number of carboxylic acids is 1. The van der Waals surface area contributed by atoms with Gasteiger partial charge < -0.3 is 10.2 Å². The summed E-state index contributed by atoms with van der Waals surface area (Å²) in [7, 11) is 0.